The third kappa shape index (κ3) is 8.41. The van der Waals surface area contributed by atoms with Gasteiger partial charge in [-0.1, -0.05) is 39.3 Å². The van der Waals surface area contributed by atoms with Gasteiger partial charge in [0.2, 0.25) is 0 Å². The van der Waals surface area contributed by atoms with Crippen molar-refractivity contribution in [3.63, 3.8) is 0 Å². The average Bonchev–Trinajstić information content (AvgIpc) is 3.70. The molecule has 362 valence electrons. The fraction of sp³-hybridized carbons (Fsp3) is 0.956. The summed E-state index contributed by atoms with van der Waals surface area (Å²) < 4.78 is 42.9. The molecule has 4 heterocycles. The van der Waals surface area contributed by atoms with Crippen LogP contribution in [0.5, 0.6) is 0 Å². The standard InChI is InChI=1S/C45H74O18/c1-19(16-46)8-13-45(56)20(2)30-27(63-45)15-26-24-7-6-22-14-23(9-11-43(22,4)25(24)10-12-44(26,30)5)58-42-39(62-40-35(53)33(51)31(49)21(3)57-40)37(55)38(29(18-48)60-42)61-41-36(54)34(52)32(50)28(17-47)59-41/h6,19-21,23-42,46-56H,7-18H2,1-5H3/t19?,20-,21+,23-,24+,25-,26-,27-,28+,29+,30-,31+,32+,33-,34-,35-,36+,37-,38+,39+,40-,41-,42+,43-,44-,45?/m0/s1. The lowest BCUT2D eigenvalue weighted by Crippen LogP contribution is -2.67. The largest absolute Gasteiger partial charge is 0.396 e. The topological polar surface area (TPSA) is 287 Å². The Labute approximate surface area is 369 Å². The molecule has 18 nitrogen and oxygen atoms in total. The van der Waals surface area contributed by atoms with Gasteiger partial charge in [0, 0.05) is 18.9 Å². The minimum absolute atomic E-state index is 0.00636. The highest BCUT2D eigenvalue weighted by Gasteiger charge is 2.68. The molecular formula is C45H74O18. The summed E-state index contributed by atoms with van der Waals surface area (Å²) in [6, 6.07) is 0. The van der Waals surface area contributed by atoms with Gasteiger partial charge in [0.25, 0.3) is 0 Å². The van der Waals surface area contributed by atoms with Crippen LogP contribution in [0.4, 0.5) is 0 Å². The van der Waals surface area contributed by atoms with E-state index in [0.29, 0.717) is 43.4 Å². The maximum atomic E-state index is 12.0. The monoisotopic (exact) mass is 902 g/mol. The molecule has 4 aliphatic carbocycles. The van der Waals surface area contributed by atoms with Gasteiger partial charge in [0.05, 0.1) is 31.5 Å². The minimum atomic E-state index is -1.83. The summed E-state index contributed by atoms with van der Waals surface area (Å²) in [7, 11) is 0. The molecule has 18 heteroatoms. The average molecular weight is 903 g/mol. The Bertz CT molecular complexity index is 1600. The molecule has 0 aromatic heterocycles. The smallest absolute Gasteiger partial charge is 0.187 e. The van der Waals surface area contributed by atoms with E-state index >= 15 is 0 Å². The Morgan fingerprint density at radius 2 is 1.38 bits per heavy atom. The molecule has 4 aliphatic heterocycles. The highest BCUT2D eigenvalue weighted by Crippen LogP contribution is 2.70. The van der Waals surface area contributed by atoms with Gasteiger partial charge in [-0.3, -0.25) is 0 Å². The van der Waals surface area contributed by atoms with Gasteiger partial charge >= 0.3 is 0 Å². The molecule has 0 aromatic rings. The van der Waals surface area contributed by atoms with Crippen LogP contribution in [0, 0.1) is 46.3 Å². The molecule has 26 atom stereocenters. The summed E-state index contributed by atoms with van der Waals surface area (Å²) in [6.45, 7) is 9.05. The van der Waals surface area contributed by atoms with Crippen molar-refractivity contribution in [2.45, 2.75) is 203 Å². The third-order valence-electron chi connectivity index (χ3n) is 17.4. The van der Waals surface area contributed by atoms with Crippen LogP contribution in [0.3, 0.4) is 0 Å². The van der Waals surface area contributed by atoms with E-state index in [1.807, 2.05) is 6.92 Å². The van der Waals surface area contributed by atoms with Crippen molar-refractivity contribution in [2.24, 2.45) is 46.3 Å². The maximum absolute atomic E-state index is 12.0. The molecular weight excluding hydrogens is 828 g/mol. The van der Waals surface area contributed by atoms with E-state index in [0.717, 1.165) is 32.1 Å². The number of allylic oxidation sites excluding steroid dienone is 1. The van der Waals surface area contributed by atoms with Gasteiger partial charge in [0.1, 0.15) is 67.1 Å². The lowest BCUT2D eigenvalue weighted by atomic mass is 9.47. The number of aliphatic hydroxyl groups excluding tert-OH is 10. The summed E-state index contributed by atoms with van der Waals surface area (Å²) >= 11 is 0. The van der Waals surface area contributed by atoms with Gasteiger partial charge in [-0.25, -0.2) is 0 Å². The zero-order valence-electron chi connectivity index (χ0n) is 37.1. The zero-order chi connectivity index (χ0) is 45.5. The summed E-state index contributed by atoms with van der Waals surface area (Å²) in [5, 5.41) is 117. The van der Waals surface area contributed by atoms with Crippen LogP contribution in [0.1, 0.15) is 92.4 Å². The van der Waals surface area contributed by atoms with E-state index < -0.39 is 117 Å². The molecule has 8 rings (SSSR count). The lowest BCUT2D eigenvalue weighted by molar-refractivity contribution is -0.389. The van der Waals surface area contributed by atoms with Gasteiger partial charge < -0.3 is 89.3 Å². The Hall–Kier alpha value is -0.980. The number of fused-ring (bicyclic) bond motifs is 7. The van der Waals surface area contributed by atoms with Crippen LogP contribution >= 0.6 is 0 Å². The first-order valence-corrected chi connectivity index (χ1v) is 23.4. The van der Waals surface area contributed by atoms with Crippen molar-refractivity contribution in [1.82, 2.24) is 0 Å². The van der Waals surface area contributed by atoms with E-state index in [1.54, 1.807) is 0 Å². The number of rotatable bonds is 12. The molecule has 0 amide bonds. The Balaban J connectivity index is 0.984. The van der Waals surface area contributed by atoms with Crippen molar-refractivity contribution in [3.8, 4) is 0 Å². The molecule has 63 heavy (non-hydrogen) atoms. The van der Waals surface area contributed by atoms with Crippen LogP contribution in [-0.4, -0.2) is 186 Å². The van der Waals surface area contributed by atoms with Gasteiger partial charge in [-0.05, 0) is 98.7 Å². The molecule has 11 N–H and O–H groups in total. The lowest BCUT2D eigenvalue weighted by Gasteiger charge is -2.58. The number of aliphatic hydroxyl groups is 11. The van der Waals surface area contributed by atoms with Gasteiger partial charge in [-0.15, -0.1) is 0 Å². The Morgan fingerprint density at radius 3 is 2.06 bits per heavy atom. The molecule has 0 aromatic carbocycles. The van der Waals surface area contributed by atoms with E-state index in [1.165, 1.54) is 12.5 Å². The fourth-order valence-electron chi connectivity index (χ4n) is 13.5. The normalized spacial score (nSPS) is 55.0. The third-order valence-corrected chi connectivity index (χ3v) is 17.4. The molecule has 0 bridgehead atoms. The van der Waals surface area contributed by atoms with Crippen molar-refractivity contribution >= 4 is 0 Å². The molecule has 2 unspecified atom stereocenters. The van der Waals surface area contributed by atoms with E-state index in [2.05, 4.69) is 26.8 Å². The molecule has 7 fully saturated rings. The minimum Gasteiger partial charge on any atom is -0.396 e. The highest BCUT2D eigenvalue weighted by atomic mass is 16.8. The van der Waals surface area contributed by atoms with Gasteiger partial charge in [-0.2, -0.15) is 0 Å². The van der Waals surface area contributed by atoms with Crippen LogP contribution < -0.4 is 0 Å². The summed E-state index contributed by atoms with van der Waals surface area (Å²) in [5.74, 6) is 0.492. The van der Waals surface area contributed by atoms with Crippen LogP contribution in [0.25, 0.3) is 0 Å². The highest BCUT2D eigenvalue weighted by molar-refractivity contribution is 5.26. The van der Waals surface area contributed by atoms with Crippen LogP contribution in [-0.2, 0) is 33.2 Å². The molecule has 4 saturated heterocycles. The predicted octanol–water partition coefficient (Wildman–Crippen LogP) is -0.831. The second kappa shape index (κ2) is 18.5. The maximum Gasteiger partial charge on any atom is 0.187 e. The second-order valence-electron chi connectivity index (χ2n) is 21.0. The van der Waals surface area contributed by atoms with E-state index in [-0.39, 0.29) is 41.3 Å². The number of hydrogen-bond donors (Lipinski definition) is 11. The van der Waals surface area contributed by atoms with Crippen molar-refractivity contribution in [3.05, 3.63) is 11.6 Å². The first kappa shape index (κ1) is 48.5. The predicted molar refractivity (Wildman–Crippen MR) is 218 cm³/mol. The van der Waals surface area contributed by atoms with Crippen LogP contribution in [0.15, 0.2) is 11.6 Å². The number of ether oxygens (including phenoxy) is 7. The van der Waals surface area contributed by atoms with Gasteiger partial charge in [0.15, 0.2) is 24.7 Å². The Morgan fingerprint density at radius 1 is 0.730 bits per heavy atom. The Kier molecular flexibility index (Phi) is 14.2. The van der Waals surface area contributed by atoms with Crippen molar-refractivity contribution in [1.29, 1.82) is 0 Å². The second-order valence-corrected chi connectivity index (χ2v) is 21.0. The fourth-order valence-corrected chi connectivity index (χ4v) is 13.5. The van der Waals surface area contributed by atoms with E-state index in [4.69, 9.17) is 33.2 Å². The molecule has 0 radical (unpaired) electrons. The first-order chi connectivity index (χ1) is 29.8. The van der Waals surface area contributed by atoms with Crippen LogP contribution in [0.2, 0.25) is 0 Å². The molecule has 8 aliphatic rings. The number of hydrogen-bond acceptors (Lipinski definition) is 18. The zero-order valence-corrected chi connectivity index (χ0v) is 37.1. The molecule has 0 spiro atoms. The summed E-state index contributed by atoms with van der Waals surface area (Å²) in [4.78, 5) is 0. The quantitative estimate of drug-likeness (QED) is 0.107. The SMILES string of the molecule is CC(CO)CCC1(O)O[C@H]2C[C@H]3[C@@H]4CC=C5C[C@@H](O[C@@H]6O[C@H](CO)[C@@H](O[C@@H]7O[C@H](CO)[C@@H](O)[C@H](O)[C@H]7O)[C@H](O)[C@H]6O[C@@H]6O[C@H](C)[C@@H](O)[C@H](O)[C@@H]6O)CC[C@]5(C)[C@H]4CC[C@]3(C)[C@H]2[C@@H]1C. The van der Waals surface area contributed by atoms with Crippen molar-refractivity contribution in [2.75, 3.05) is 19.8 Å². The summed E-state index contributed by atoms with van der Waals surface area (Å²) in [5.41, 5.74) is 1.22. The molecule has 3 saturated carbocycles. The van der Waals surface area contributed by atoms with Crippen molar-refractivity contribution < 1.29 is 89.3 Å². The van der Waals surface area contributed by atoms with E-state index in [9.17, 15) is 56.2 Å². The summed E-state index contributed by atoms with van der Waals surface area (Å²) in [6.07, 6.45) is -14.1. The first-order valence-electron chi connectivity index (χ1n) is 23.4.